The van der Waals surface area contributed by atoms with Crippen molar-refractivity contribution >= 4 is 17.8 Å². The summed E-state index contributed by atoms with van der Waals surface area (Å²) in [6, 6.07) is 4.05. The molecule has 1 aromatic carbocycles. The summed E-state index contributed by atoms with van der Waals surface area (Å²) in [4.78, 5) is 36.3. The van der Waals surface area contributed by atoms with Gasteiger partial charge in [0.1, 0.15) is 17.5 Å². The van der Waals surface area contributed by atoms with Crippen molar-refractivity contribution in [3.05, 3.63) is 23.8 Å². The van der Waals surface area contributed by atoms with Crippen LogP contribution in [0.1, 0.15) is 45.6 Å². The Labute approximate surface area is 165 Å². The van der Waals surface area contributed by atoms with Crippen LogP contribution >= 0.6 is 0 Å². The molecule has 3 N–H and O–H groups in total. The fourth-order valence-electron chi connectivity index (χ4n) is 2.83. The number of ether oxygens (including phenoxy) is 2. The van der Waals surface area contributed by atoms with Gasteiger partial charge < -0.3 is 25.2 Å². The summed E-state index contributed by atoms with van der Waals surface area (Å²) in [5, 5.41) is 10.3. The lowest BCUT2D eigenvalue weighted by Crippen LogP contribution is -2.47. The SMILES string of the molecule is COC(=O)[C@H](C(C)C)N(Cc1ccc(OCCCCC(N)=O)cc1O)C(C)=O. The van der Waals surface area contributed by atoms with E-state index < -0.39 is 12.0 Å². The highest BCUT2D eigenvalue weighted by atomic mass is 16.5. The Balaban J connectivity index is 2.82. The number of hydrogen-bond donors (Lipinski definition) is 2. The Hall–Kier alpha value is -2.77. The number of carbonyl (C=O) groups is 3. The van der Waals surface area contributed by atoms with Crippen molar-refractivity contribution in [2.24, 2.45) is 11.7 Å². The van der Waals surface area contributed by atoms with E-state index in [-0.39, 0.29) is 30.0 Å². The first-order valence-corrected chi connectivity index (χ1v) is 9.25. The van der Waals surface area contributed by atoms with Crippen LogP contribution < -0.4 is 10.5 Å². The molecule has 1 rings (SSSR count). The molecule has 0 heterocycles. The summed E-state index contributed by atoms with van der Waals surface area (Å²) in [6.07, 6.45) is 1.61. The molecule has 1 atom stereocenters. The molecule has 156 valence electrons. The van der Waals surface area contributed by atoms with Gasteiger partial charge in [-0.1, -0.05) is 13.8 Å². The largest absolute Gasteiger partial charge is 0.507 e. The number of nitrogens with zero attached hydrogens (tertiary/aromatic N) is 1. The van der Waals surface area contributed by atoms with E-state index >= 15 is 0 Å². The van der Waals surface area contributed by atoms with Crippen molar-refractivity contribution in [3.8, 4) is 11.5 Å². The second-order valence-corrected chi connectivity index (χ2v) is 6.92. The van der Waals surface area contributed by atoms with Gasteiger partial charge in [0, 0.05) is 25.0 Å². The third-order valence-corrected chi connectivity index (χ3v) is 4.30. The molecule has 0 saturated carbocycles. The van der Waals surface area contributed by atoms with Crippen LogP contribution in [-0.4, -0.2) is 47.5 Å². The highest BCUT2D eigenvalue weighted by molar-refractivity contribution is 5.83. The molecule has 0 saturated heterocycles. The second-order valence-electron chi connectivity index (χ2n) is 6.92. The van der Waals surface area contributed by atoms with E-state index in [0.29, 0.717) is 37.2 Å². The van der Waals surface area contributed by atoms with Gasteiger partial charge in [-0.05, 0) is 30.9 Å². The molecule has 8 nitrogen and oxygen atoms in total. The molecule has 0 aliphatic heterocycles. The molecule has 0 aliphatic rings. The zero-order chi connectivity index (χ0) is 21.3. The molecular weight excluding hydrogens is 364 g/mol. The maximum absolute atomic E-state index is 12.1. The molecule has 0 bridgehead atoms. The Morgan fingerprint density at radius 2 is 1.89 bits per heavy atom. The number of benzene rings is 1. The summed E-state index contributed by atoms with van der Waals surface area (Å²) in [5.41, 5.74) is 5.57. The Kier molecular flexibility index (Phi) is 9.27. The van der Waals surface area contributed by atoms with Gasteiger partial charge in [-0.2, -0.15) is 0 Å². The number of primary amides is 1. The lowest BCUT2D eigenvalue weighted by atomic mass is 10.0. The summed E-state index contributed by atoms with van der Waals surface area (Å²) < 4.78 is 10.4. The number of carbonyl (C=O) groups excluding carboxylic acids is 3. The maximum atomic E-state index is 12.1. The normalized spacial score (nSPS) is 11.8. The predicted octanol–water partition coefficient (Wildman–Crippen LogP) is 1.97. The monoisotopic (exact) mass is 394 g/mol. The minimum Gasteiger partial charge on any atom is -0.507 e. The van der Waals surface area contributed by atoms with Crippen molar-refractivity contribution in [2.75, 3.05) is 13.7 Å². The van der Waals surface area contributed by atoms with Crippen LogP contribution in [0.5, 0.6) is 11.5 Å². The number of phenols is 1. The summed E-state index contributed by atoms with van der Waals surface area (Å²) in [6.45, 7) is 5.49. The Bertz CT molecular complexity index is 689. The van der Waals surface area contributed by atoms with E-state index in [1.807, 2.05) is 13.8 Å². The first-order chi connectivity index (χ1) is 13.2. The van der Waals surface area contributed by atoms with E-state index in [4.69, 9.17) is 15.2 Å². The van der Waals surface area contributed by atoms with Crippen LogP contribution in [0.4, 0.5) is 0 Å². The lowest BCUT2D eigenvalue weighted by molar-refractivity contribution is -0.154. The summed E-state index contributed by atoms with van der Waals surface area (Å²) in [5.74, 6) is -0.847. The van der Waals surface area contributed by atoms with Crippen molar-refractivity contribution in [3.63, 3.8) is 0 Å². The molecule has 0 unspecified atom stereocenters. The van der Waals surface area contributed by atoms with Crippen LogP contribution in [0.15, 0.2) is 18.2 Å². The number of methoxy groups -OCH3 is 1. The highest BCUT2D eigenvalue weighted by Gasteiger charge is 2.32. The molecule has 28 heavy (non-hydrogen) atoms. The number of esters is 1. The second kappa shape index (κ2) is 11.2. The van der Waals surface area contributed by atoms with Gasteiger partial charge in [0.2, 0.25) is 11.8 Å². The van der Waals surface area contributed by atoms with Crippen LogP contribution in [0, 0.1) is 5.92 Å². The van der Waals surface area contributed by atoms with Gasteiger partial charge in [0.25, 0.3) is 0 Å². The zero-order valence-electron chi connectivity index (χ0n) is 16.9. The number of phenolic OH excluding ortho intramolecular Hbond substituents is 1. The molecule has 0 radical (unpaired) electrons. The third kappa shape index (κ3) is 7.09. The molecule has 0 fully saturated rings. The first kappa shape index (κ1) is 23.3. The average molecular weight is 394 g/mol. The van der Waals surface area contributed by atoms with Gasteiger partial charge in [-0.25, -0.2) is 4.79 Å². The van der Waals surface area contributed by atoms with Crippen molar-refractivity contribution < 1.29 is 29.0 Å². The molecular formula is C20H30N2O6. The van der Waals surface area contributed by atoms with E-state index in [0.717, 1.165) is 0 Å². The number of aromatic hydroxyl groups is 1. The molecule has 8 heteroatoms. The van der Waals surface area contributed by atoms with Gasteiger partial charge in [-0.15, -0.1) is 0 Å². The minimum atomic E-state index is -0.747. The smallest absolute Gasteiger partial charge is 0.328 e. The van der Waals surface area contributed by atoms with Crippen molar-refractivity contribution in [2.45, 2.75) is 52.6 Å². The highest BCUT2D eigenvalue weighted by Crippen LogP contribution is 2.27. The van der Waals surface area contributed by atoms with Crippen molar-refractivity contribution in [1.82, 2.24) is 4.90 Å². The van der Waals surface area contributed by atoms with Crippen LogP contribution in [0.2, 0.25) is 0 Å². The molecule has 2 amide bonds. The third-order valence-electron chi connectivity index (χ3n) is 4.30. The van der Waals surface area contributed by atoms with Gasteiger partial charge >= 0.3 is 5.97 Å². The van der Waals surface area contributed by atoms with E-state index in [1.165, 1.54) is 25.0 Å². The number of amides is 2. The van der Waals surface area contributed by atoms with Crippen molar-refractivity contribution in [1.29, 1.82) is 0 Å². The Morgan fingerprint density at radius 1 is 1.21 bits per heavy atom. The van der Waals surface area contributed by atoms with E-state index in [2.05, 4.69) is 0 Å². The fraction of sp³-hybridized carbons (Fsp3) is 0.550. The van der Waals surface area contributed by atoms with E-state index in [9.17, 15) is 19.5 Å². The molecule has 0 spiro atoms. The predicted molar refractivity (Wildman–Crippen MR) is 104 cm³/mol. The topological polar surface area (TPSA) is 119 Å². The number of rotatable bonds is 11. The quantitative estimate of drug-likeness (QED) is 0.437. The first-order valence-electron chi connectivity index (χ1n) is 9.25. The number of unbranched alkanes of at least 4 members (excludes halogenated alkanes) is 1. The standard InChI is InChI=1S/C20H30N2O6/c1-13(2)19(20(26)27-4)22(14(3)23)12-15-8-9-16(11-17(15)24)28-10-6-5-7-18(21)25/h8-9,11,13,19,24H,5-7,10,12H2,1-4H3,(H2,21,25)/t19-/m0/s1. The molecule has 0 aromatic heterocycles. The average Bonchev–Trinajstić information content (AvgIpc) is 2.61. The van der Waals surface area contributed by atoms with Crippen LogP contribution in [-0.2, 0) is 25.7 Å². The van der Waals surface area contributed by atoms with Crippen LogP contribution in [0.25, 0.3) is 0 Å². The van der Waals surface area contributed by atoms with Gasteiger partial charge in [-0.3, -0.25) is 9.59 Å². The number of nitrogens with two attached hydrogens (primary N) is 1. The maximum Gasteiger partial charge on any atom is 0.328 e. The molecule has 1 aromatic rings. The van der Waals surface area contributed by atoms with Gasteiger partial charge in [0.05, 0.1) is 20.3 Å². The van der Waals surface area contributed by atoms with E-state index in [1.54, 1.807) is 12.1 Å². The summed E-state index contributed by atoms with van der Waals surface area (Å²) >= 11 is 0. The lowest BCUT2D eigenvalue weighted by Gasteiger charge is -2.31. The summed E-state index contributed by atoms with van der Waals surface area (Å²) in [7, 11) is 1.28. The number of hydrogen-bond acceptors (Lipinski definition) is 6. The fourth-order valence-corrected chi connectivity index (χ4v) is 2.83. The van der Waals surface area contributed by atoms with Crippen LogP contribution in [0.3, 0.4) is 0 Å². The minimum absolute atomic E-state index is 0.0340. The Morgan fingerprint density at radius 3 is 2.39 bits per heavy atom. The zero-order valence-corrected chi connectivity index (χ0v) is 16.9. The molecule has 0 aliphatic carbocycles. The van der Waals surface area contributed by atoms with Gasteiger partial charge in [0.15, 0.2) is 0 Å².